The normalized spacial score (nSPS) is 10.4. The molecule has 0 radical (unpaired) electrons. The molecule has 7 heteroatoms. The van der Waals surface area contributed by atoms with Gasteiger partial charge in [0.1, 0.15) is 5.01 Å². The van der Waals surface area contributed by atoms with Crippen LogP contribution in [0.2, 0.25) is 0 Å². The van der Waals surface area contributed by atoms with E-state index in [1.165, 1.54) is 27.8 Å². The maximum Gasteiger partial charge on any atom is 0.355 e. The Hall–Kier alpha value is -1.86. The Morgan fingerprint density at radius 1 is 1.41 bits per heavy atom. The van der Waals surface area contributed by atoms with Gasteiger partial charge < -0.3 is 10.4 Å². The molecule has 0 aliphatic carbocycles. The number of carbonyl (C=O) groups is 2. The Bertz CT molecular complexity index is 670. The van der Waals surface area contributed by atoms with Gasteiger partial charge in [-0.25, -0.2) is 9.78 Å². The fraction of sp³-hybridized carbons (Fsp3) is 0.267. The van der Waals surface area contributed by atoms with Gasteiger partial charge in [0.15, 0.2) is 5.69 Å². The zero-order chi connectivity index (χ0) is 15.9. The van der Waals surface area contributed by atoms with Crippen molar-refractivity contribution in [1.29, 1.82) is 0 Å². The minimum atomic E-state index is -1.05. The minimum absolute atomic E-state index is 0.0167. The zero-order valence-electron chi connectivity index (χ0n) is 12.0. The molecule has 0 unspecified atom stereocenters. The van der Waals surface area contributed by atoms with Gasteiger partial charge in [-0.2, -0.15) is 0 Å². The smallest absolute Gasteiger partial charge is 0.355 e. The summed E-state index contributed by atoms with van der Waals surface area (Å²) in [4.78, 5) is 26.4. The number of amides is 1. The van der Waals surface area contributed by atoms with Gasteiger partial charge in [0.05, 0.1) is 12.3 Å². The number of carboxylic acid groups (broad SMARTS) is 1. The topological polar surface area (TPSA) is 79.3 Å². The molecule has 1 amide bonds. The van der Waals surface area contributed by atoms with Crippen molar-refractivity contribution in [2.75, 3.05) is 5.75 Å². The van der Waals surface area contributed by atoms with Gasteiger partial charge in [0, 0.05) is 11.1 Å². The lowest BCUT2D eigenvalue weighted by Gasteiger charge is -2.04. The van der Waals surface area contributed by atoms with E-state index in [0.29, 0.717) is 10.8 Å². The number of hydrogen-bond acceptors (Lipinski definition) is 5. The van der Waals surface area contributed by atoms with Crippen LogP contribution in [-0.2, 0) is 17.1 Å². The zero-order valence-corrected chi connectivity index (χ0v) is 13.7. The number of nitrogens with zero attached hydrogens (tertiary/aromatic N) is 1. The van der Waals surface area contributed by atoms with Gasteiger partial charge in [-0.1, -0.05) is 29.8 Å². The largest absolute Gasteiger partial charge is 0.476 e. The van der Waals surface area contributed by atoms with E-state index in [0.717, 1.165) is 5.75 Å². The van der Waals surface area contributed by atoms with Crippen molar-refractivity contribution in [3.05, 3.63) is 51.5 Å². The molecule has 0 saturated carbocycles. The second kappa shape index (κ2) is 7.95. The molecule has 0 atom stereocenters. The van der Waals surface area contributed by atoms with E-state index in [-0.39, 0.29) is 18.1 Å². The lowest BCUT2D eigenvalue weighted by molar-refractivity contribution is -0.118. The number of carboxylic acids is 1. The second-order valence-corrected chi connectivity index (χ2v) is 6.62. The van der Waals surface area contributed by atoms with Crippen LogP contribution in [0, 0.1) is 6.92 Å². The number of aromatic carboxylic acids is 1. The van der Waals surface area contributed by atoms with Crippen LogP contribution in [0.5, 0.6) is 0 Å². The second-order valence-electron chi connectivity index (χ2n) is 4.69. The average molecular weight is 336 g/mol. The first-order valence-corrected chi connectivity index (χ1v) is 8.65. The van der Waals surface area contributed by atoms with E-state index in [1.807, 2.05) is 25.1 Å². The number of aromatic nitrogens is 1. The SMILES string of the molecule is Cc1cccc(CSCC(=O)NCc2nc(C(=O)O)cs2)c1. The van der Waals surface area contributed by atoms with Crippen molar-refractivity contribution >= 4 is 35.0 Å². The summed E-state index contributed by atoms with van der Waals surface area (Å²) >= 11 is 2.77. The summed E-state index contributed by atoms with van der Waals surface area (Å²) < 4.78 is 0. The van der Waals surface area contributed by atoms with Gasteiger partial charge >= 0.3 is 5.97 Å². The third-order valence-electron chi connectivity index (χ3n) is 2.79. The average Bonchev–Trinajstić information content (AvgIpc) is 2.94. The van der Waals surface area contributed by atoms with E-state index in [9.17, 15) is 9.59 Å². The standard InChI is InChI=1S/C15H16N2O3S2/c1-10-3-2-4-11(5-10)7-21-9-13(18)16-6-14-17-12(8-22-14)15(19)20/h2-5,8H,6-7,9H2,1H3,(H,16,18)(H,19,20). The fourth-order valence-electron chi connectivity index (χ4n) is 1.78. The van der Waals surface area contributed by atoms with E-state index < -0.39 is 5.97 Å². The van der Waals surface area contributed by atoms with Crippen LogP contribution in [-0.4, -0.2) is 27.7 Å². The third-order valence-corrected chi connectivity index (χ3v) is 4.64. The number of benzene rings is 1. The van der Waals surface area contributed by atoms with Crippen LogP contribution in [0.3, 0.4) is 0 Å². The summed E-state index contributed by atoms with van der Waals surface area (Å²) in [5, 5.41) is 13.6. The molecule has 5 nitrogen and oxygen atoms in total. The minimum Gasteiger partial charge on any atom is -0.476 e. The van der Waals surface area contributed by atoms with Gasteiger partial charge in [-0.3, -0.25) is 4.79 Å². The van der Waals surface area contributed by atoms with Crippen molar-refractivity contribution in [3.8, 4) is 0 Å². The molecule has 22 heavy (non-hydrogen) atoms. The summed E-state index contributed by atoms with van der Waals surface area (Å²) in [6, 6.07) is 8.20. The maximum absolute atomic E-state index is 11.7. The van der Waals surface area contributed by atoms with E-state index in [1.54, 1.807) is 11.8 Å². The Morgan fingerprint density at radius 2 is 2.23 bits per heavy atom. The number of thioether (sulfide) groups is 1. The number of aryl methyl sites for hydroxylation is 1. The van der Waals surface area contributed by atoms with Crippen LogP contribution in [0.4, 0.5) is 0 Å². The molecule has 2 N–H and O–H groups in total. The predicted octanol–water partition coefficient (Wildman–Crippen LogP) is 2.70. The fourth-order valence-corrected chi connectivity index (χ4v) is 3.29. The molecule has 1 aromatic heterocycles. The van der Waals surface area contributed by atoms with Crippen molar-refractivity contribution < 1.29 is 14.7 Å². The number of carbonyl (C=O) groups excluding carboxylic acids is 1. The lowest BCUT2D eigenvalue weighted by Crippen LogP contribution is -2.24. The van der Waals surface area contributed by atoms with Crippen LogP contribution in [0.1, 0.15) is 26.6 Å². The molecular weight excluding hydrogens is 320 g/mol. The van der Waals surface area contributed by atoms with Crippen LogP contribution in [0.25, 0.3) is 0 Å². The first kappa shape index (κ1) is 16.5. The molecule has 2 aromatic rings. The Balaban J connectivity index is 1.70. The number of hydrogen-bond donors (Lipinski definition) is 2. The molecule has 116 valence electrons. The highest BCUT2D eigenvalue weighted by Crippen LogP contribution is 2.13. The first-order valence-electron chi connectivity index (χ1n) is 6.62. The lowest BCUT2D eigenvalue weighted by atomic mass is 10.2. The molecule has 0 saturated heterocycles. The van der Waals surface area contributed by atoms with Crippen molar-refractivity contribution in [1.82, 2.24) is 10.3 Å². The molecule has 0 aliphatic rings. The van der Waals surface area contributed by atoms with Gasteiger partial charge in [-0.15, -0.1) is 23.1 Å². The van der Waals surface area contributed by atoms with Crippen molar-refractivity contribution in [2.45, 2.75) is 19.2 Å². The molecule has 0 bridgehead atoms. The molecular formula is C15H16N2O3S2. The van der Waals surface area contributed by atoms with Crippen LogP contribution < -0.4 is 5.32 Å². The number of thiazole rings is 1. The van der Waals surface area contributed by atoms with Gasteiger partial charge in [0.2, 0.25) is 5.91 Å². The van der Waals surface area contributed by atoms with Crippen LogP contribution >= 0.6 is 23.1 Å². The summed E-state index contributed by atoms with van der Waals surface area (Å²) in [5.74, 6) is 0.0212. The maximum atomic E-state index is 11.7. The molecule has 2 rings (SSSR count). The highest BCUT2D eigenvalue weighted by molar-refractivity contribution is 7.99. The predicted molar refractivity (Wildman–Crippen MR) is 88.3 cm³/mol. The van der Waals surface area contributed by atoms with Crippen LogP contribution in [0.15, 0.2) is 29.6 Å². The molecule has 0 aliphatic heterocycles. The number of rotatable bonds is 7. The van der Waals surface area contributed by atoms with Crippen molar-refractivity contribution in [3.63, 3.8) is 0 Å². The highest BCUT2D eigenvalue weighted by Gasteiger charge is 2.09. The third kappa shape index (κ3) is 5.16. The Labute approximate surface area is 136 Å². The summed E-state index contributed by atoms with van der Waals surface area (Å²) in [6.45, 7) is 2.31. The molecule has 0 fully saturated rings. The van der Waals surface area contributed by atoms with Gasteiger partial charge in [0.25, 0.3) is 0 Å². The quantitative estimate of drug-likeness (QED) is 0.813. The van der Waals surface area contributed by atoms with Crippen molar-refractivity contribution in [2.24, 2.45) is 0 Å². The van der Waals surface area contributed by atoms with Gasteiger partial charge in [-0.05, 0) is 12.5 Å². The first-order chi connectivity index (χ1) is 10.5. The number of nitrogens with one attached hydrogen (secondary N) is 1. The summed E-state index contributed by atoms with van der Waals surface area (Å²) in [6.07, 6.45) is 0. The summed E-state index contributed by atoms with van der Waals surface area (Å²) in [7, 11) is 0. The highest BCUT2D eigenvalue weighted by atomic mass is 32.2. The Kier molecular flexibility index (Phi) is 5.97. The molecule has 0 spiro atoms. The molecule has 1 heterocycles. The van der Waals surface area contributed by atoms with E-state index >= 15 is 0 Å². The van der Waals surface area contributed by atoms with E-state index in [2.05, 4.69) is 16.4 Å². The molecule has 1 aromatic carbocycles. The Morgan fingerprint density at radius 3 is 2.91 bits per heavy atom. The van der Waals surface area contributed by atoms with E-state index in [4.69, 9.17) is 5.11 Å². The monoisotopic (exact) mass is 336 g/mol. The summed E-state index contributed by atoms with van der Waals surface area (Å²) in [5.41, 5.74) is 2.42.